The quantitative estimate of drug-likeness (QED) is 0.652. The molecule has 9 nitrogen and oxygen atoms in total. The lowest BCUT2D eigenvalue weighted by Gasteiger charge is -2.31. The molecule has 0 aliphatic carbocycles. The fourth-order valence-corrected chi connectivity index (χ4v) is 5.20. The maximum atomic E-state index is 12.9. The summed E-state index contributed by atoms with van der Waals surface area (Å²) in [7, 11) is -1.80. The number of rotatable bonds is 7. The molecule has 2 heterocycles. The van der Waals surface area contributed by atoms with Crippen molar-refractivity contribution in [1.29, 1.82) is 0 Å². The second-order valence-electron chi connectivity index (χ2n) is 8.15. The van der Waals surface area contributed by atoms with Gasteiger partial charge in [-0.25, -0.2) is 8.42 Å². The number of hydrogen-bond donors (Lipinski definition) is 1. The lowest BCUT2D eigenvalue weighted by atomic mass is 10.2. The van der Waals surface area contributed by atoms with Crippen LogP contribution in [0, 0.1) is 0 Å². The first-order valence-corrected chi connectivity index (χ1v) is 12.4. The molecular weight excluding hydrogens is 446 g/mol. The van der Waals surface area contributed by atoms with E-state index in [0.717, 1.165) is 0 Å². The van der Waals surface area contributed by atoms with E-state index < -0.39 is 16.1 Å². The second-order valence-corrected chi connectivity index (χ2v) is 10.1. The Hall–Kier alpha value is -2.66. The van der Waals surface area contributed by atoms with Crippen LogP contribution in [-0.2, 0) is 19.6 Å². The predicted octanol–water partition coefficient (Wildman–Crippen LogP) is 1.81. The number of anilines is 1. The minimum absolute atomic E-state index is 0.148. The summed E-state index contributed by atoms with van der Waals surface area (Å²) in [6, 6.07) is 13.4. The van der Waals surface area contributed by atoms with Crippen LogP contribution in [0.2, 0.25) is 0 Å². The zero-order chi connectivity index (χ0) is 23.4. The highest BCUT2D eigenvalue weighted by Gasteiger charge is 2.28. The fourth-order valence-electron chi connectivity index (χ4n) is 3.75. The van der Waals surface area contributed by atoms with Gasteiger partial charge in [-0.05, 0) is 44.3 Å². The van der Waals surface area contributed by atoms with Gasteiger partial charge in [0.15, 0.2) is 11.5 Å². The topological polar surface area (TPSA) is 97.4 Å². The Morgan fingerprint density at radius 2 is 1.88 bits per heavy atom. The smallest absolute Gasteiger partial charge is 0.243 e. The predicted molar refractivity (Wildman–Crippen MR) is 123 cm³/mol. The SMILES string of the molecule is CC(C(=O)Nc1cccc(S(=O)(=O)N2CCOCC2)c1)N(C)CC1COc2ccccc2O1. The number of carbonyl (C=O) groups is 1. The number of carbonyl (C=O) groups excluding carboxylic acids is 1. The summed E-state index contributed by atoms with van der Waals surface area (Å²) in [5.41, 5.74) is 0.431. The second kappa shape index (κ2) is 10.1. The van der Waals surface area contributed by atoms with Gasteiger partial charge in [0.05, 0.1) is 24.2 Å². The van der Waals surface area contributed by atoms with Gasteiger partial charge in [-0.15, -0.1) is 0 Å². The molecule has 0 aromatic heterocycles. The third-order valence-electron chi connectivity index (χ3n) is 5.81. The van der Waals surface area contributed by atoms with Crippen LogP contribution in [0.15, 0.2) is 53.4 Å². The Morgan fingerprint density at radius 3 is 2.64 bits per heavy atom. The number of hydrogen-bond acceptors (Lipinski definition) is 7. The van der Waals surface area contributed by atoms with Gasteiger partial charge in [-0.2, -0.15) is 4.31 Å². The van der Waals surface area contributed by atoms with Crippen molar-refractivity contribution in [2.24, 2.45) is 0 Å². The summed E-state index contributed by atoms with van der Waals surface area (Å²) in [6.45, 7) is 4.07. The molecule has 0 saturated carbocycles. The van der Waals surface area contributed by atoms with Gasteiger partial charge in [-0.1, -0.05) is 18.2 Å². The van der Waals surface area contributed by atoms with Crippen molar-refractivity contribution in [2.45, 2.75) is 24.0 Å². The number of benzene rings is 2. The number of likely N-dealkylation sites (N-methyl/N-ethyl adjacent to an activating group) is 1. The van der Waals surface area contributed by atoms with Crippen molar-refractivity contribution >= 4 is 21.6 Å². The molecule has 10 heteroatoms. The maximum Gasteiger partial charge on any atom is 0.243 e. The first-order valence-electron chi connectivity index (χ1n) is 10.9. The molecule has 0 bridgehead atoms. The molecular formula is C23H29N3O6S. The molecule has 33 heavy (non-hydrogen) atoms. The van der Waals surface area contributed by atoms with Crippen LogP contribution in [0.5, 0.6) is 11.5 Å². The Balaban J connectivity index is 1.36. The standard InChI is InChI=1S/C23H29N3O6S/c1-17(25(2)15-19-16-31-21-8-3-4-9-22(21)32-19)23(27)24-18-6-5-7-20(14-18)33(28,29)26-10-12-30-13-11-26/h3-9,14,17,19H,10-13,15-16H2,1-2H3,(H,24,27). The summed E-state index contributed by atoms with van der Waals surface area (Å²) in [4.78, 5) is 14.9. The highest BCUT2D eigenvalue weighted by Crippen LogP contribution is 2.31. The van der Waals surface area contributed by atoms with Gasteiger partial charge in [0.1, 0.15) is 12.7 Å². The van der Waals surface area contributed by atoms with E-state index in [1.807, 2.05) is 36.2 Å². The molecule has 0 spiro atoms. The van der Waals surface area contributed by atoms with Crippen LogP contribution >= 0.6 is 0 Å². The number of ether oxygens (including phenoxy) is 3. The first-order chi connectivity index (χ1) is 15.8. The molecule has 1 fully saturated rings. The van der Waals surface area contributed by atoms with Crippen LogP contribution in [0.1, 0.15) is 6.92 Å². The average Bonchev–Trinajstić information content (AvgIpc) is 2.84. The van der Waals surface area contributed by atoms with Gasteiger partial charge in [0, 0.05) is 25.3 Å². The van der Waals surface area contributed by atoms with Gasteiger partial charge in [0.2, 0.25) is 15.9 Å². The van der Waals surface area contributed by atoms with E-state index >= 15 is 0 Å². The van der Waals surface area contributed by atoms with Crippen LogP contribution in [0.4, 0.5) is 5.69 Å². The molecule has 1 saturated heterocycles. The van der Waals surface area contributed by atoms with E-state index in [1.54, 1.807) is 19.1 Å². The minimum atomic E-state index is -3.64. The highest BCUT2D eigenvalue weighted by molar-refractivity contribution is 7.89. The maximum absolute atomic E-state index is 12.9. The minimum Gasteiger partial charge on any atom is -0.486 e. The van der Waals surface area contributed by atoms with Crippen LogP contribution < -0.4 is 14.8 Å². The Labute approximate surface area is 194 Å². The zero-order valence-electron chi connectivity index (χ0n) is 18.8. The largest absolute Gasteiger partial charge is 0.486 e. The summed E-state index contributed by atoms with van der Waals surface area (Å²) in [5.74, 6) is 1.17. The summed E-state index contributed by atoms with van der Waals surface area (Å²) >= 11 is 0. The third-order valence-corrected chi connectivity index (χ3v) is 7.70. The Kier molecular flexibility index (Phi) is 7.18. The van der Waals surface area contributed by atoms with Gasteiger partial charge >= 0.3 is 0 Å². The molecule has 1 N–H and O–H groups in total. The van der Waals surface area contributed by atoms with Gasteiger partial charge in [0.25, 0.3) is 0 Å². The lowest BCUT2D eigenvalue weighted by molar-refractivity contribution is -0.120. The molecule has 2 unspecified atom stereocenters. The van der Waals surface area contributed by atoms with E-state index in [9.17, 15) is 13.2 Å². The van der Waals surface area contributed by atoms with E-state index in [1.165, 1.54) is 16.4 Å². The zero-order valence-corrected chi connectivity index (χ0v) is 19.6. The number of sulfonamides is 1. The summed E-state index contributed by atoms with van der Waals surface area (Å²) in [5, 5.41) is 2.83. The van der Waals surface area contributed by atoms with Crippen LogP contribution in [0.25, 0.3) is 0 Å². The van der Waals surface area contributed by atoms with E-state index in [-0.39, 0.29) is 16.9 Å². The monoisotopic (exact) mass is 475 g/mol. The molecule has 2 aromatic rings. The van der Waals surface area contributed by atoms with E-state index in [4.69, 9.17) is 14.2 Å². The van der Waals surface area contributed by atoms with Gasteiger partial charge < -0.3 is 19.5 Å². The van der Waals surface area contributed by atoms with Crippen molar-refractivity contribution in [3.05, 3.63) is 48.5 Å². The molecule has 2 aromatic carbocycles. The Bertz CT molecular complexity index is 1090. The molecule has 2 atom stereocenters. The molecule has 178 valence electrons. The number of amides is 1. The van der Waals surface area contributed by atoms with E-state index in [2.05, 4.69) is 5.32 Å². The molecule has 2 aliphatic heterocycles. The van der Waals surface area contributed by atoms with Crippen molar-refractivity contribution < 1.29 is 27.4 Å². The summed E-state index contributed by atoms with van der Waals surface area (Å²) in [6.07, 6.45) is -0.206. The fraction of sp³-hybridized carbons (Fsp3) is 0.435. The third kappa shape index (κ3) is 5.47. The van der Waals surface area contributed by atoms with Crippen molar-refractivity contribution in [2.75, 3.05) is 51.8 Å². The number of para-hydroxylation sites is 2. The number of morpholine rings is 1. The van der Waals surface area contributed by atoms with Crippen molar-refractivity contribution in [1.82, 2.24) is 9.21 Å². The molecule has 0 radical (unpaired) electrons. The van der Waals surface area contributed by atoms with Crippen LogP contribution in [0.3, 0.4) is 0 Å². The van der Waals surface area contributed by atoms with Gasteiger partial charge in [-0.3, -0.25) is 9.69 Å². The average molecular weight is 476 g/mol. The molecule has 1 amide bonds. The Morgan fingerprint density at radius 1 is 1.15 bits per heavy atom. The normalized spacial score (nSPS) is 19.8. The first kappa shape index (κ1) is 23.5. The molecule has 4 rings (SSSR count). The lowest BCUT2D eigenvalue weighted by Crippen LogP contribution is -2.46. The van der Waals surface area contributed by atoms with Crippen molar-refractivity contribution in [3.63, 3.8) is 0 Å². The highest BCUT2D eigenvalue weighted by atomic mass is 32.2. The number of nitrogens with one attached hydrogen (secondary N) is 1. The summed E-state index contributed by atoms with van der Waals surface area (Å²) < 4.78 is 44.2. The number of nitrogens with zero attached hydrogens (tertiary/aromatic N) is 2. The van der Waals surface area contributed by atoms with Crippen molar-refractivity contribution in [3.8, 4) is 11.5 Å². The number of fused-ring (bicyclic) bond motifs is 1. The molecule has 2 aliphatic rings. The van der Waals surface area contributed by atoms with Crippen LogP contribution in [-0.4, -0.2) is 82.2 Å². The van der Waals surface area contributed by atoms with E-state index in [0.29, 0.717) is 56.6 Å².